The lowest BCUT2D eigenvalue weighted by Gasteiger charge is -2.20. The third kappa shape index (κ3) is 3.19. The number of ether oxygens (including phenoxy) is 1. The minimum Gasteiger partial charge on any atom is -0.456 e. The third-order valence-electron chi connectivity index (χ3n) is 2.09. The van der Waals surface area contributed by atoms with Crippen molar-refractivity contribution in [2.75, 3.05) is 0 Å². The lowest BCUT2D eigenvalue weighted by molar-refractivity contribution is 0.00537. The number of carbonyl (C=O) groups is 1. The number of alkyl halides is 3. The standard InChI is InChI=1S/C11H15ClF2N2O2/c1-6-7(9(17)18-10(2,3)4)8(11(12,13)14)16(5)15-6/h1-5H3. The van der Waals surface area contributed by atoms with E-state index in [1.165, 1.54) is 14.0 Å². The molecule has 7 heteroatoms. The molecule has 0 N–H and O–H groups in total. The van der Waals surface area contributed by atoms with Gasteiger partial charge in [0, 0.05) is 7.05 Å². The first-order valence-corrected chi connectivity index (χ1v) is 5.65. The Morgan fingerprint density at radius 2 is 1.89 bits per heavy atom. The predicted octanol–water partition coefficient (Wildman–Crippen LogP) is 2.97. The first-order chi connectivity index (χ1) is 7.93. The molecular weight excluding hydrogens is 266 g/mol. The lowest BCUT2D eigenvalue weighted by Crippen LogP contribution is -2.26. The molecule has 1 aromatic rings. The van der Waals surface area contributed by atoms with Crippen molar-refractivity contribution in [2.45, 2.75) is 38.7 Å². The van der Waals surface area contributed by atoms with E-state index in [0.717, 1.165) is 4.68 Å². The van der Waals surface area contributed by atoms with Crippen LogP contribution < -0.4 is 0 Å². The normalized spacial score (nSPS) is 12.7. The molecule has 0 unspecified atom stereocenters. The van der Waals surface area contributed by atoms with Crippen molar-refractivity contribution in [3.05, 3.63) is 17.0 Å². The largest absolute Gasteiger partial charge is 0.456 e. The van der Waals surface area contributed by atoms with Crippen LogP contribution in [0, 0.1) is 6.92 Å². The molecular formula is C11H15ClF2N2O2. The molecule has 0 spiro atoms. The van der Waals surface area contributed by atoms with E-state index in [0.29, 0.717) is 0 Å². The first kappa shape index (κ1) is 14.9. The summed E-state index contributed by atoms with van der Waals surface area (Å²) in [7, 11) is 1.30. The number of halogens is 3. The second kappa shape index (κ2) is 4.50. The number of hydrogen-bond acceptors (Lipinski definition) is 3. The van der Waals surface area contributed by atoms with Crippen LogP contribution in [0.5, 0.6) is 0 Å². The molecule has 0 aromatic carbocycles. The fourth-order valence-corrected chi connectivity index (χ4v) is 1.77. The molecule has 0 saturated carbocycles. The summed E-state index contributed by atoms with van der Waals surface area (Å²) < 4.78 is 32.5. The van der Waals surface area contributed by atoms with Crippen molar-refractivity contribution in [1.82, 2.24) is 9.78 Å². The number of nitrogens with zero attached hydrogens (tertiary/aromatic N) is 2. The van der Waals surface area contributed by atoms with Crippen LogP contribution >= 0.6 is 11.6 Å². The van der Waals surface area contributed by atoms with E-state index in [9.17, 15) is 13.6 Å². The Morgan fingerprint density at radius 1 is 1.39 bits per heavy atom. The highest BCUT2D eigenvalue weighted by molar-refractivity contribution is 6.22. The third-order valence-corrected chi connectivity index (χ3v) is 2.27. The molecule has 0 aliphatic heterocycles. The predicted molar refractivity (Wildman–Crippen MR) is 62.9 cm³/mol. The zero-order valence-electron chi connectivity index (χ0n) is 10.8. The Hall–Kier alpha value is -1.17. The van der Waals surface area contributed by atoms with E-state index in [4.69, 9.17) is 16.3 Å². The number of hydrogen-bond donors (Lipinski definition) is 0. The molecule has 102 valence electrons. The summed E-state index contributed by atoms with van der Waals surface area (Å²) in [5.41, 5.74) is -1.57. The summed E-state index contributed by atoms with van der Waals surface area (Å²) in [5.74, 6) is -0.858. The molecule has 0 aliphatic rings. The molecule has 0 amide bonds. The van der Waals surface area contributed by atoms with Crippen molar-refractivity contribution < 1.29 is 18.3 Å². The van der Waals surface area contributed by atoms with Crippen LogP contribution in [-0.4, -0.2) is 21.4 Å². The summed E-state index contributed by atoms with van der Waals surface area (Å²) in [4.78, 5) is 11.9. The summed E-state index contributed by atoms with van der Waals surface area (Å²) in [5, 5.41) is 0.102. The maximum atomic E-state index is 13.3. The van der Waals surface area contributed by atoms with E-state index in [1.807, 2.05) is 0 Å². The van der Waals surface area contributed by atoms with Gasteiger partial charge in [0.05, 0.1) is 5.69 Å². The fraction of sp³-hybridized carbons (Fsp3) is 0.636. The van der Waals surface area contributed by atoms with Gasteiger partial charge in [-0.15, -0.1) is 0 Å². The van der Waals surface area contributed by atoms with Crippen molar-refractivity contribution in [3.63, 3.8) is 0 Å². The van der Waals surface area contributed by atoms with Gasteiger partial charge in [0.1, 0.15) is 16.9 Å². The van der Waals surface area contributed by atoms with Gasteiger partial charge in [0.15, 0.2) is 0 Å². The molecule has 18 heavy (non-hydrogen) atoms. The zero-order chi connectivity index (χ0) is 14.3. The van der Waals surface area contributed by atoms with Crippen LogP contribution in [0.25, 0.3) is 0 Å². The highest BCUT2D eigenvalue weighted by atomic mass is 35.5. The minimum atomic E-state index is -3.68. The van der Waals surface area contributed by atoms with Gasteiger partial charge in [0.2, 0.25) is 0 Å². The number of aryl methyl sites for hydroxylation is 2. The highest BCUT2D eigenvalue weighted by Gasteiger charge is 2.39. The average Bonchev–Trinajstić information content (AvgIpc) is 2.36. The van der Waals surface area contributed by atoms with Gasteiger partial charge >= 0.3 is 11.4 Å². The van der Waals surface area contributed by atoms with Crippen LogP contribution in [0.1, 0.15) is 42.5 Å². The molecule has 0 aliphatic carbocycles. The van der Waals surface area contributed by atoms with Gasteiger partial charge in [-0.05, 0) is 39.3 Å². The molecule has 0 saturated heterocycles. The van der Waals surface area contributed by atoms with E-state index < -0.39 is 22.6 Å². The summed E-state index contributed by atoms with van der Waals surface area (Å²) in [6.07, 6.45) is 0. The van der Waals surface area contributed by atoms with Gasteiger partial charge in [-0.3, -0.25) is 4.68 Å². The monoisotopic (exact) mass is 280 g/mol. The first-order valence-electron chi connectivity index (χ1n) is 5.27. The summed E-state index contributed by atoms with van der Waals surface area (Å²) in [6.45, 7) is 6.39. The van der Waals surface area contributed by atoms with E-state index in [1.54, 1.807) is 20.8 Å². The van der Waals surface area contributed by atoms with Gasteiger partial charge in [0.25, 0.3) is 0 Å². The van der Waals surface area contributed by atoms with Crippen molar-refractivity contribution in [1.29, 1.82) is 0 Å². The molecule has 0 radical (unpaired) electrons. The fourth-order valence-electron chi connectivity index (χ4n) is 1.56. The Morgan fingerprint density at radius 3 is 2.28 bits per heavy atom. The second-order valence-corrected chi connectivity index (χ2v) is 5.41. The van der Waals surface area contributed by atoms with Gasteiger partial charge in [-0.25, -0.2) is 4.79 Å². The van der Waals surface area contributed by atoms with Gasteiger partial charge < -0.3 is 4.74 Å². The summed E-state index contributed by atoms with van der Waals surface area (Å²) >= 11 is 5.00. The number of esters is 1. The second-order valence-electron chi connectivity index (χ2n) is 4.93. The number of aromatic nitrogens is 2. The molecule has 1 rings (SSSR count). The maximum Gasteiger partial charge on any atom is 0.365 e. The lowest BCUT2D eigenvalue weighted by atomic mass is 10.1. The molecule has 4 nitrogen and oxygen atoms in total. The van der Waals surface area contributed by atoms with Crippen molar-refractivity contribution in [2.24, 2.45) is 7.05 Å². The minimum absolute atomic E-state index is 0.155. The number of rotatable bonds is 2. The van der Waals surface area contributed by atoms with Crippen LogP contribution in [0.15, 0.2) is 0 Å². The topological polar surface area (TPSA) is 44.1 Å². The van der Waals surface area contributed by atoms with Crippen LogP contribution in [0.3, 0.4) is 0 Å². The van der Waals surface area contributed by atoms with Crippen LogP contribution in [0.4, 0.5) is 8.78 Å². The van der Waals surface area contributed by atoms with Gasteiger partial charge in [-0.1, -0.05) is 0 Å². The smallest absolute Gasteiger partial charge is 0.365 e. The zero-order valence-corrected chi connectivity index (χ0v) is 11.6. The SMILES string of the molecule is Cc1nn(C)c(C(F)(F)Cl)c1C(=O)OC(C)(C)C. The Labute approximate surface area is 109 Å². The van der Waals surface area contributed by atoms with E-state index in [-0.39, 0.29) is 11.3 Å². The van der Waals surface area contributed by atoms with Gasteiger partial charge in [-0.2, -0.15) is 13.9 Å². The van der Waals surface area contributed by atoms with Crippen LogP contribution in [-0.2, 0) is 17.2 Å². The van der Waals surface area contributed by atoms with Crippen molar-refractivity contribution >= 4 is 17.6 Å². The van der Waals surface area contributed by atoms with E-state index in [2.05, 4.69) is 5.10 Å². The van der Waals surface area contributed by atoms with Crippen molar-refractivity contribution in [3.8, 4) is 0 Å². The summed E-state index contributed by atoms with van der Waals surface area (Å²) in [6, 6.07) is 0. The van der Waals surface area contributed by atoms with E-state index >= 15 is 0 Å². The molecule has 1 heterocycles. The quantitative estimate of drug-likeness (QED) is 0.618. The number of carbonyl (C=O) groups excluding carboxylic acids is 1. The average molecular weight is 281 g/mol. The molecule has 1 aromatic heterocycles. The molecule has 0 bridgehead atoms. The highest BCUT2D eigenvalue weighted by Crippen LogP contribution is 2.36. The molecule has 0 atom stereocenters. The van der Waals surface area contributed by atoms with Crippen LogP contribution in [0.2, 0.25) is 0 Å². The maximum absolute atomic E-state index is 13.3. The Bertz CT molecular complexity index is 473. The molecule has 0 fully saturated rings. The Balaban J connectivity index is 3.29. The Kier molecular flexibility index (Phi) is 3.72.